The van der Waals surface area contributed by atoms with Crippen LogP contribution in [0.5, 0.6) is 0 Å². The maximum absolute atomic E-state index is 11.7. The molecule has 0 saturated carbocycles. The number of H-pyrrole nitrogens is 1. The van der Waals surface area contributed by atoms with Crippen molar-refractivity contribution in [2.45, 2.75) is 11.2 Å². The van der Waals surface area contributed by atoms with Crippen molar-refractivity contribution in [2.24, 2.45) is 0 Å². The minimum Gasteiger partial charge on any atom is -0.355 e. The molecule has 0 atom stereocenters. The highest BCUT2D eigenvalue weighted by molar-refractivity contribution is 7.89. The zero-order chi connectivity index (χ0) is 12.9. The van der Waals surface area contributed by atoms with Crippen LogP contribution in [0.1, 0.15) is 0 Å². The zero-order valence-electron chi connectivity index (χ0n) is 9.47. The van der Waals surface area contributed by atoms with Gasteiger partial charge in [0.2, 0.25) is 15.6 Å². The van der Waals surface area contributed by atoms with Gasteiger partial charge in [0, 0.05) is 26.5 Å². The molecule has 0 fully saturated rings. The predicted octanol–water partition coefficient (Wildman–Crippen LogP) is -0.728. The molecule has 0 aliphatic heterocycles. The Morgan fingerprint density at radius 2 is 2.00 bits per heavy atom. The average molecular weight is 262 g/mol. The molecule has 1 aromatic rings. The van der Waals surface area contributed by atoms with Gasteiger partial charge < -0.3 is 14.5 Å². The molecule has 17 heavy (non-hydrogen) atoms. The van der Waals surface area contributed by atoms with Crippen molar-refractivity contribution in [2.75, 3.05) is 20.8 Å². The Bertz CT molecular complexity index is 486. The Morgan fingerprint density at radius 3 is 2.47 bits per heavy atom. The van der Waals surface area contributed by atoms with Crippen LogP contribution in [0.4, 0.5) is 0 Å². The van der Waals surface area contributed by atoms with Crippen molar-refractivity contribution in [3.05, 3.63) is 28.7 Å². The van der Waals surface area contributed by atoms with Crippen molar-refractivity contribution in [3.8, 4) is 0 Å². The summed E-state index contributed by atoms with van der Waals surface area (Å²) in [5, 5.41) is 0. The van der Waals surface area contributed by atoms with Gasteiger partial charge in [-0.05, 0) is 6.07 Å². The Hall–Kier alpha value is -1.22. The second-order valence-corrected chi connectivity index (χ2v) is 4.91. The van der Waals surface area contributed by atoms with E-state index in [4.69, 9.17) is 9.47 Å². The van der Waals surface area contributed by atoms with Crippen LogP contribution in [0.2, 0.25) is 0 Å². The topological polar surface area (TPSA) is 97.5 Å². The second kappa shape index (κ2) is 5.92. The Balaban J connectivity index is 2.75. The third kappa shape index (κ3) is 3.93. The molecule has 1 heterocycles. The van der Waals surface area contributed by atoms with E-state index in [-0.39, 0.29) is 17.0 Å². The smallest absolute Gasteiger partial charge is 0.247 e. The van der Waals surface area contributed by atoms with Crippen LogP contribution in [0.15, 0.2) is 28.0 Å². The molecule has 96 valence electrons. The quantitative estimate of drug-likeness (QED) is 0.659. The van der Waals surface area contributed by atoms with E-state index in [2.05, 4.69) is 9.71 Å². The summed E-state index contributed by atoms with van der Waals surface area (Å²) in [6.45, 7) is -0.0194. The normalized spacial score (nSPS) is 11.9. The molecule has 8 heteroatoms. The van der Waals surface area contributed by atoms with Crippen LogP contribution in [0, 0.1) is 0 Å². The summed E-state index contributed by atoms with van der Waals surface area (Å²) in [6.07, 6.45) is 0.465. The number of hydrogen-bond acceptors (Lipinski definition) is 5. The van der Waals surface area contributed by atoms with Gasteiger partial charge in [0.05, 0.1) is 11.4 Å². The van der Waals surface area contributed by atoms with Crippen LogP contribution in [-0.4, -0.2) is 40.5 Å². The number of nitrogens with one attached hydrogen (secondary N) is 2. The largest absolute Gasteiger partial charge is 0.355 e. The number of rotatable bonds is 6. The minimum atomic E-state index is -3.67. The molecule has 0 aliphatic carbocycles. The lowest BCUT2D eigenvalue weighted by Gasteiger charge is -2.14. The lowest BCUT2D eigenvalue weighted by Crippen LogP contribution is -2.34. The molecule has 0 amide bonds. The van der Waals surface area contributed by atoms with Crippen LogP contribution < -0.4 is 10.3 Å². The fourth-order valence-corrected chi connectivity index (χ4v) is 2.07. The Labute approximate surface area is 98.8 Å². The monoisotopic (exact) mass is 262 g/mol. The minimum absolute atomic E-state index is 0.0194. The third-order valence-electron chi connectivity index (χ3n) is 2.03. The standard InChI is InChI=1S/C9H14N2O5S/c1-15-9(16-2)6-11-17(13,14)7-3-4-8(12)10-5-7/h3-5,9,11H,6H2,1-2H3,(H,10,12). The van der Waals surface area contributed by atoms with Gasteiger partial charge in [-0.1, -0.05) is 0 Å². The second-order valence-electron chi connectivity index (χ2n) is 3.14. The van der Waals surface area contributed by atoms with Gasteiger partial charge in [-0.25, -0.2) is 13.1 Å². The molecular formula is C9H14N2O5S. The van der Waals surface area contributed by atoms with Gasteiger partial charge in [0.25, 0.3) is 0 Å². The van der Waals surface area contributed by atoms with Gasteiger partial charge in [0.1, 0.15) is 0 Å². The fourth-order valence-electron chi connectivity index (χ4n) is 1.09. The lowest BCUT2D eigenvalue weighted by atomic mass is 10.5. The highest BCUT2D eigenvalue weighted by Crippen LogP contribution is 2.04. The van der Waals surface area contributed by atoms with E-state index in [9.17, 15) is 13.2 Å². The van der Waals surface area contributed by atoms with E-state index in [0.29, 0.717) is 0 Å². The highest BCUT2D eigenvalue weighted by Gasteiger charge is 2.16. The molecule has 0 radical (unpaired) electrons. The van der Waals surface area contributed by atoms with Gasteiger partial charge in [-0.15, -0.1) is 0 Å². The van der Waals surface area contributed by atoms with Crippen molar-refractivity contribution in [1.29, 1.82) is 0 Å². The van der Waals surface area contributed by atoms with Crippen molar-refractivity contribution >= 4 is 10.0 Å². The number of methoxy groups -OCH3 is 2. The Morgan fingerprint density at radius 1 is 1.35 bits per heavy atom. The fraction of sp³-hybridized carbons (Fsp3) is 0.444. The van der Waals surface area contributed by atoms with E-state index in [0.717, 1.165) is 12.3 Å². The lowest BCUT2D eigenvalue weighted by molar-refractivity contribution is -0.0960. The van der Waals surface area contributed by atoms with Crippen LogP contribution in [-0.2, 0) is 19.5 Å². The third-order valence-corrected chi connectivity index (χ3v) is 3.45. The molecule has 0 aromatic carbocycles. The first-order chi connectivity index (χ1) is 7.99. The number of sulfonamides is 1. The predicted molar refractivity (Wildman–Crippen MR) is 60.1 cm³/mol. The van der Waals surface area contributed by atoms with E-state index >= 15 is 0 Å². The van der Waals surface area contributed by atoms with Crippen LogP contribution in [0.25, 0.3) is 0 Å². The number of aromatic nitrogens is 1. The average Bonchev–Trinajstić information content (AvgIpc) is 2.31. The van der Waals surface area contributed by atoms with Crippen LogP contribution >= 0.6 is 0 Å². The van der Waals surface area contributed by atoms with Gasteiger partial charge in [-0.2, -0.15) is 0 Å². The Kier molecular flexibility index (Phi) is 4.82. The zero-order valence-corrected chi connectivity index (χ0v) is 10.3. The van der Waals surface area contributed by atoms with Crippen LogP contribution in [0.3, 0.4) is 0 Å². The molecule has 1 rings (SSSR count). The van der Waals surface area contributed by atoms with Crippen molar-refractivity contribution < 1.29 is 17.9 Å². The van der Waals surface area contributed by atoms with Gasteiger partial charge in [-0.3, -0.25) is 4.79 Å². The molecule has 1 aromatic heterocycles. The number of hydrogen-bond donors (Lipinski definition) is 2. The van der Waals surface area contributed by atoms with Crippen molar-refractivity contribution in [1.82, 2.24) is 9.71 Å². The number of aromatic amines is 1. The summed E-state index contributed by atoms with van der Waals surface area (Å²) in [7, 11) is -0.862. The molecule has 0 bridgehead atoms. The maximum Gasteiger partial charge on any atom is 0.247 e. The van der Waals surface area contributed by atoms with Gasteiger partial charge >= 0.3 is 0 Å². The summed E-state index contributed by atoms with van der Waals surface area (Å²) in [4.78, 5) is 13.1. The molecular weight excluding hydrogens is 248 g/mol. The first kappa shape index (κ1) is 13.8. The summed E-state index contributed by atoms with van der Waals surface area (Å²) in [5.41, 5.74) is -0.365. The summed E-state index contributed by atoms with van der Waals surface area (Å²) in [5.74, 6) is 0. The molecule has 2 N–H and O–H groups in total. The van der Waals surface area contributed by atoms with E-state index in [1.807, 2.05) is 0 Å². The summed E-state index contributed by atoms with van der Waals surface area (Å²) < 4.78 is 35.5. The van der Waals surface area contributed by atoms with Gasteiger partial charge in [0.15, 0.2) is 6.29 Å². The molecule has 0 unspecified atom stereocenters. The molecule has 0 spiro atoms. The number of ether oxygens (including phenoxy) is 2. The van der Waals surface area contributed by atoms with E-state index in [1.54, 1.807) is 0 Å². The first-order valence-electron chi connectivity index (χ1n) is 4.73. The van der Waals surface area contributed by atoms with Crippen molar-refractivity contribution in [3.63, 3.8) is 0 Å². The molecule has 7 nitrogen and oxygen atoms in total. The molecule has 0 saturated heterocycles. The number of pyridine rings is 1. The highest BCUT2D eigenvalue weighted by atomic mass is 32.2. The summed E-state index contributed by atoms with van der Waals surface area (Å²) in [6, 6.07) is 2.36. The van der Waals surface area contributed by atoms with E-state index in [1.165, 1.54) is 20.3 Å². The molecule has 0 aliphatic rings. The van der Waals surface area contributed by atoms with E-state index < -0.39 is 16.3 Å². The maximum atomic E-state index is 11.7. The SMILES string of the molecule is COC(CNS(=O)(=O)c1ccc(=O)[nH]c1)OC. The first-order valence-corrected chi connectivity index (χ1v) is 6.22. The summed E-state index contributed by atoms with van der Waals surface area (Å²) >= 11 is 0.